The lowest BCUT2D eigenvalue weighted by Crippen LogP contribution is -2.62. The molecule has 0 N–H and O–H groups in total. The van der Waals surface area contributed by atoms with Gasteiger partial charge >= 0.3 is 0 Å². The van der Waals surface area contributed by atoms with Gasteiger partial charge in [0.2, 0.25) is 0 Å². The molecule has 1 saturated carbocycles. The van der Waals surface area contributed by atoms with Gasteiger partial charge in [-0.25, -0.2) is 0 Å². The molecule has 1 aromatic carbocycles. The summed E-state index contributed by atoms with van der Waals surface area (Å²) >= 11 is 0. The van der Waals surface area contributed by atoms with Gasteiger partial charge in [-0.15, -0.1) is 0 Å². The van der Waals surface area contributed by atoms with Gasteiger partial charge in [0.1, 0.15) is 11.3 Å². The predicted octanol–water partition coefficient (Wildman–Crippen LogP) is 5.28. The van der Waals surface area contributed by atoms with Crippen LogP contribution in [0, 0.1) is 18.3 Å². The van der Waals surface area contributed by atoms with Gasteiger partial charge in [-0.2, -0.15) is 0 Å². The molecule has 6 atom stereocenters. The predicted molar refractivity (Wildman–Crippen MR) is 98.5 cm³/mol. The van der Waals surface area contributed by atoms with E-state index < -0.39 is 0 Å². The van der Waals surface area contributed by atoms with E-state index in [4.69, 9.17) is 4.42 Å². The van der Waals surface area contributed by atoms with Gasteiger partial charge < -0.3 is 4.42 Å². The molecule has 0 radical (unpaired) electrons. The zero-order valence-electron chi connectivity index (χ0n) is 15.4. The molecular formula is C22H29NO. The molecule has 2 aromatic rings. The van der Waals surface area contributed by atoms with Crippen LogP contribution in [0.25, 0.3) is 11.0 Å². The van der Waals surface area contributed by atoms with Gasteiger partial charge in [0.15, 0.2) is 0 Å². The Morgan fingerprint density at radius 1 is 1.33 bits per heavy atom. The highest BCUT2D eigenvalue weighted by molar-refractivity contribution is 5.83. The number of piperidine rings is 2. The largest absolute Gasteiger partial charge is 0.460 e. The van der Waals surface area contributed by atoms with Crippen molar-refractivity contribution in [1.82, 2.24) is 4.90 Å². The fourth-order valence-electron chi connectivity index (χ4n) is 6.28. The van der Waals surface area contributed by atoms with Gasteiger partial charge in [-0.1, -0.05) is 25.5 Å². The molecule has 128 valence electrons. The minimum absolute atomic E-state index is 0.441. The molecule has 4 bridgehead atoms. The van der Waals surface area contributed by atoms with Crippen LogP contribution in [0.3, 0.4) is 0 Å². The number of furan rings is 1. The van der Waals surface area contributed by atoms with Crippen LogP contribution in [0.5, 0.6) is 0 Å². The standard InChI is InChI=1S/C22H29NO/c1-5-22(4)11-15-10-18-20-17(9-14(3)23(12-15)21(18)22)16-8-13(2)6-7-19(16)24-20/h6-8,14-15,18,21H,5,9-12H2,1-4H3/t14-,15?,18?,21?,22?/m0/s1. The third-order valence-electron chi connectivity index (χ3n) is 7.45. The minimum Gasteiger partial charge on any atom is -0.460 e. The zero-order valence-corrected chi connectivity index (χ0v) is 15.4. The summed E-state index contributed by atoms with van der Waals surface area (Å²) in [5.74, 6) is 2.77. The van der Waals surface area contributed by atoms with E-state index in [1.165, 1.54) is 48.1 Å². The van der Waals surface area contributed by atoms with Crippen LogP contribution in [0.15, 0.2) is 22.6 Å². The Kier molecular flexibility index (Phi) is 3.05. The number of nitrogens with zero attached hydrogens (tertiary/aromatic N) is 1. The summed E-state index contributed by atoms with van der Waals surface area (Å²) in [6.45, 7) is 10.9. The van der Waals surface area contributed by atoms with E-state index in [2.05, 4.69) is 50.8 Å². The molecule has 4 heterocycles. The maximum Gasteiger partial charge on any atom is 0.134 e. The van der Waals surface area contributed by atoms with E-state index in [1.807, 2.05) is 0 Å². The van der Waals surface area contributed by atoms with Crippen LogP contribution in [0.1, 0.15) is 62.8 Å². The van der Waals surface area contributed by atoms with Gasteiger partial charge in [0, 0.05) is 35.5 Å². The van der Waals surface area contributed by atoms with Crippen LogP contribution in [0.4, 0.5) is 0 Å². The first-order valence-electron chi connectivity index (χ1n) is 9.78. The number of fused-ring (bicyclic) bond motifs is 4. The van der Waals surface area contributed by atoms with Gasteiger partial charge in [-0.3, -0.25) is 4.90 Å². The van der Waals surface area contributed by atoms with Crippen molar-refractivity contribution in [2.24, 2.45) is 11.3 Å². The molecule has 4 aliphatic rings. The molecule has 2 saturated heterocycles. The van der Waals surface area contributed by atoms with Crippen molar-refractivity contribution in [2.75, 3.05) is 6.54 Å². The third-order valence-corrected chi connectivity index (χ3v) is 7.45. The smallest absolute Gasteiger partial charge is 0.134 e. The summed E-state index contributed by atoms with van der Waals surface area (Å²) < 4.78 is 6.52. The summed E-state index contributed by atoms with van der Waals surface area (Å²) in [5.41, 5.74) is 4.40. The van der Waals surface area contributed by atoms with E-state index in [0.717, 1.165) is 17.9 Å². The first-order chi connectivity index (χ1) is 11.5. The quantitative estimate of drug-likeness (QED) is 0.710. The van der Waals surface area contributed by atoms with E-state index in [9.17, 15) is 0 Å². The Balaban J connectivity index is 1.73. The number of aryl methyl sites for hydroxylation is 1. The number of benzene rings is 1. The second-order valence-corrected chi connectivity index (χ2v) is 9.06. The third kappa shape index (κ3) is 1.87. The van der Waals surface area contributed by atoms with Crippen molar-refractivity contribution >= 4 is 11.0 Å². The van der Waals surface area contributed by atoms with Crippen LogP contribution < -0.4 is 0 Å². The Morgan fingerprint density at radius 2 is 2.17 bits per heavy atom. The molecule has 5 unspecified atom stereocenters. The van der Waals surface area contributed by atoms with E-state index in [1.54, 1.807) is 0 Å². The maximum absolute atomic E-state index is 6.52. The van der Waals surface area contributed by atoms with Crippen molar-refractivity contribution in [3.8, 4) is 0 Å². The number of hydrogen-bond donors (Lipinski definition) is 0. The van der Waals surface area contributed by atoms with Crippen molar-refractivity contribution in [3.05, 3.63) is 35.1 Å². The molecule has 3 aliphatic heterocycles. The van der Waals surface area contributed by atoms with Crippen LogP contribution in [-0.2, 0) is 6.42 Å². The molecule has 2 heteroatoms. The number of hydrogen-bond acceptors (Lipinski definition) is 2. The summed E-state index contributed by atoms with van der Waals surface area (Å²) in [5, 5.41) is 1.37. The molecule has 1 aliphatic carbocycles. The van der Waals surface area contributed by atoms with Gasteiger partial charge in [0.25, 0.3) is 0 Å². The van der Waals surface area contributed by atoms with Crippen LogP contribution >= 0.6 is 0 Å². The average molecular weight is 323 g/mol. The van der Waals surface area contributed by atoms with Crippen molar-refractivity contribution in [3.63, 3.8) is 0 Å². The van der Waals surface area contributed by atoms with Crippen LogP contribution in [0.2, 0.25) is 0 Å². The summed E-state index contributed by atoms with van der Waals surface area (Å²) in [6, 6.07) is 7.98. The lowest BCUT2D eigenvalue weighted by molar-refractivity contribution is -0.0874. The Bertz CT molecular complexity index is 806. The molecular weight excluding hydrogens is 294 g/mol. The first-order valence-corrected chi connectivity index (χ1v) is 9.78. The lowest BCUT2D eigenvalue weighted by Gasteiger charge is -2.59. The second-order valence-electron chi connectivity index (χ2n) is 9.06. The second kappa shape index (κ2) is 4.88. The van der Waals surface area contributed by atoms with Gasteiger partial charge in [0.05, 0.1) is 0 Å². The Hall–Kier alpha value is -1.28. The lowest BCUT2D eigenvalue weighted by atomic mass is 9.57. The van der Waals surface area contributed by atoms with E-state index >= 15 is 0 Å². The topological polar surface area (TPSA) is 16.4 Å². The average Bonchev–Trinajstić information content (AvgIpc) is 2.88. The van der Waals surface area contributed by atoms with E-state index in [0.29, 0.717) is 23.4 Å². The molecule has 2 nitrogen and oxygen atoms in total. The van der Waals surface area contributed by atoms with Crippen molar-refractivity contribution in [2.45, 2.75) is 71.4 Å². The van der Waals surface area contributed by atoms with Gasteiger partial charge in [-0.05, 0) is 63.0 Å². The zero-order chi connectivity index (χ0) is 16.6. The highest BCUT2D eigenvalue weighted by atomic mass is 16.3. The fraction of sp³-hybridized carbons (Fsp3) is 0.636. The normalized spacial score (nSPS) is 40.6. The molecule has 0 spiro atoms. The monoisotopic (exact) mass is 323 g/mol. The SMILES string of the molecule is CCC1(C)CC2CC3c4oc5ccc(C)cc5c4C[C@H](C)N(C2)C31. The molecule has 0 amide bonds. The minimum atomic E-state index is 0.441. The molecule has 3 fully saturated rings. The molecule has 1 aromatic heterocycles. The number of rotatable bonds is 1. The Labute approximate surface area is 145 Å². The summed E-state index contributed by atoms with van der Waals surface area (Å²) in [7, 11) is 0. The highest BCUT2D eigenvalue weighted by Crippen LogP contribution is 2.57. The summed E-state index contributed by atoms with van der Waals surface area (Å²) in [4.78, 5) is 2.85. The maximum atomic E-state index is 6.52. The highest BCUT2D eigenvalue weighted by Gasteiger charge is 2.56. The first kappa shape index (κ1) is 15.0. The van der Waals surface area contributed by atoms with Crippen molar-refractivity contribution < 1.29 is 4.42 Å². The molecule has 24 heavy (non-hydrogen) atoms. The molecule has 6 rings (SSSR count). The Morgan fingerprint density at radius 3 is 2.96 bits per heavy atom. The summed E-state index contributed by atoms with van der Waals surface area (Å²) in [6.07, 6.45) is 5.16. The fourth-order valence-corrected chi connectivity index (χ4v) is 6.28. The van der Waals surface area contributed by atoms with Crippen LogP contribution in [-0.4, -0.2) is 23.5 Å². The van der Waals surface area contributed by atoms with Crippen molar-refractivity contribution in [1.29, 1.82) is 0 Å². The van der Waals surface area contributed by atoms with E-state index in [-0.39, 0.29) is 0 Å².